The van der Waals surface area contributed by atoms with Crippen LogP contribution in [0, 0.1) is 0 Å². The molecule has 0 radical (unpaired) electrons. The maximum Gasteiger partial charge on any atom is 0.234 e. The van der Waals surface area contributed by atoms with Crippen LogP contribution in [0.4, 0.5) is 5.95 Å². The van der Waals surface area contributed by atoms with Gasteiger partial charge in [-0.05, 0) is 25.7 Å². The average Bonchev–Trinajstić information content (AvgIpc) is 3.14. The van der Waals surface area contributed by atoms with Crippen molar-refractivity contribution in [1.82, 2.24) is 20.2 Å². The number of carbonyl (C=O) groups is 1. The standard InChI is InChI=1S/C17H26ClN5O2/c1-22(17-20-9-13(18)10-21-17)14-4-6-23(7-5-14)12-16(24)19-11-15-3-2-8-25-15/h9-10,14-15H,2-8,11-12H2,1H3,(H,19,24). The predicted molar refractivity (Wildman–Crippen MR) is 96.9 cm³/mol. The largest absolute Gasteiger partial charge is 0.376 e. The molecule has 138 valence electrons. The molecule has 1 N–H and O–H groups in total. The van der Waals surface area contributed by atoms with Gasteiger partial charge in [0.1, 0.15) is 0 Å². The maximum absolute atomic E-state index is 12.1. The van der Waals surface area contributed by atoms with Crippen molar-refractivity contribution in [2.45, 2.75) is 37.8 Å². The summed E-state index contributed by atoms with van der Waals surface area (Å²) in [7, 11) is 2.01. The highest BCUT2D eigenvalue weighted by molar-refractivity contribution is 6.30. The first-order chi connectivity index (χ1) is 12.1. The fourth-order valence-corrected chi connectivity index (χ4v) is 3.51. The van der Waals surface area contributed by atoms with E-state index < -0.39 is 0 Å². The van der Waals surface area contributed by atoms with Gasteiger partial charge < -0.3 is 15.0 Å². The molecule has 1 unspecified atom stereocenters. The Bertz CT molecular complexity index is 557. The van der Waals surface area contributed by atoms with Gasteiger partial charge in [-0.15, -0.1) is 0 Å². The number of nitrogens with one attached hydrogen (secondary N) is 1. The van der Waals surface area contributed by atoms with Crippen LogP contribution >= 0.6 is 11.6 Å². The molecule has 0 aliphatic carbocycles. The van der Waals surface area contributed by atoms with E-state index in [0.29, 0.717) is 30.1 Å². The first-order valence-corrected chi connectivity index (χ1v) is 9.30. The molecule has 0 aromatic carbocycles. The zero-order chi connectivity index (χ0) is 17.6. The van der Waals surface area contributed by atoms with E-state index >= 15 is 0 Å². The third kappa shape index (κ3) is 5.26. The molecule has 1 aromatic heterocycles. The van der Waals surface area contributed by atoms with E-state index in [1.807, 2.05) is 7.05 Å². The van der Waals surface area contributed by atoms with Crippen LogP contribution in [0.25, 0.3) is 0 Å². The normalized spacial score (nSPS) is 22.1. The number of halogens is 1. The van der Waals surface area contributed by atoms with Crippen molar-refractivity contribution in [3.63, 3.8) is 0 Å². The van der Waals surface area contributed by atoms with E-state index in [4.69, 9.17) is 16.3 Å². The van der Waals surface area contributed by atoms with Crippen LogP contribution in [0.5, 0.6) is 0 Å². The number of amides is 1. The van der Waals surface area contributed by atoms with Crippen molar-refractivity contribution in [2.75, 3.05) is 44.7 Å². The van der Waals surface area contributed by atoms with Crippen LogP contribution in [0.3, 0.4) is 0 Å². The van der Waals surface area contributed by atoms with Gasteiger partial charge in [0.25, 0.3) is 0 Å². The summed E-state index contributed by atoms with van der Waals surface area (Å²) < 4.78 is 5.53. The number of likely N-dealkylation sites (tertiary alicyclic amines) is 1. The molecule has 3 heterocycles. The van der Waals surface area contributed by atoms with Crippen LogP contribution < -0.4 is 10.2 Å². The Labute approximate surface area is 153 Å². The lowest BCUT2D eigenvalue weighted by Gasteiger charge is -2.36. The zero-order valence-electron chi connectivity index (χ0n) is 14.7. The van der Waals surface area contributed by atoms with Crippen molar-refractivity contribution in [1.29, 1.82) is 0 Å². The fourth-order valence-electron chi connectivity index (χ4n) is 3.41. The summed E-state index contributed by atoms with van der Waals surface area (Å²) in [6.45, 7) is 3.71. The molecule has 0 bridgehead atoms. The summed E-state index contributed by atoms with van der Waals surface area (Å²) in [6.07, 6.45) is 7.55. The number of anilines is 1. The SMILES string of the molecule is CN(c1ncc(Cl)cn1)C1CCN(CC(=O)NCC2CCCO2)CC1. The number of carbonyl (C=O) groups excluding carboxylic acids is 1. The number of hydrogen-bond donors (Lipinski definition) is 1. The number of ether oxygens (including phenoxy) is 1. The second kappa shape index (κ2) is 8.78. The van der Waals surface area contributed by atoms with Gasteiger partial charge >= 0.3 is 0 Å². The summed E-state index contributed by atoms with van der Waals surface area (Å²) in [5.41, 5.74) is 0. The second-order valence-electron chi connectivity index (χ2n) is 6.76. The second-order valence-corrected chi connectivity index (χ2v) is 7.20. The molecule has 7 nitrogen and oxygen atoms in total. The molecule has 0 saturated carbocycles. The van der Waals surface area contributed by atoms with Crippen molar-refractivity contribution >= 4 is 23.5 Å². The monoisotopic (exact) mass is 367 g/mol. The van der Waals surface area contributed by atoms with Gasteiger partial charge in [0.2, 0.25) is 11.9 Å². The van der Waals surface area contributed by atoms with Gasteiger partial charge in [-0.25, -0.2) is 9.97 Å². The Morgan fingerprint density at radius 3 is 2.72 bits per heavy atom. The average molecular weight is 368 g/mol. The highest BCUT2D eigenvalue weighted by atomic mass is 35.5. The fraction of sp³-hybridized carbons (Fsp3) is 0.706. The van der Waals surface area contributed by atoms with Gasteiger partial charge in [-0.2, -0.15) is 0 Å². The van der Waals surface area contributed by atoms with Crippen molar-refractivity contribution in [2.24, 2.45) is 0 Å². The van der Waals surface area contributed by atoms with Gasteiger partial charge in [0.05, 0.1) is 30.1 Å². The zero-order valence-corrected chi connectivity index (χ0v) is 15.4. The Balaban J connectivity index is 1.39. The lowest BCUT2D eigenvalue weighted by Crippen LogP contribution is -2.47. The van der Waals surface area contributed by atoms with Gasteiger partial charge in [-0.3, -0.25) is 9.69 Å². The molecule has 8 heteroatoms. The highest BCUT2D eigenvalue weighted by Crippen LogP contribution is 2.19. The minimum absolute atomic E-state index is 0.0864. The van der Waals surface area contributed by atoms with Gasteiger partial charge in [0.15, 0.2) is 0 Å². The molecule has 2 aliphatic heterocycles. The topological polar surface area (TPSA) is 70.6 Å². The number of nitrogens with zero attached hydrogens (tertiary/aromatic N) is 4. The molecule has 3 rings (SSSR count). The van der Waals surface area contributed by atoms with Crippen molar-refractivity contribution in [3.05, 3.63) is 17.4 Å². The predicted octanol–water partition coefficient (Wildman–Crippen LogP) is 1.33. The van der Waals surface area contributed by atoms with E-state index in [0.717, 1.165) is 45.4 Å². The first-order valence-electron chi connectivity index (χ1n) is 8.93. The van der Waals surface area contributed by atoms with E-state index in [1.165, 1.54) is 0 Å². The molecule has 0 spiro atoms. The van der Waals surface area contributed by atoms with Crippen LogP contribution in [0.2, 0.25) is 5.02 Å². The van der Waals surface area contributed by atoms with Crippen LogP contribution in [0.1, 0.15) is 25.7 Å². The Morgan fingerprint density at radius 1 is 1.36 bits per heavy atom. The third-order valence-electron chi connectivity index (χ3n) is 4.95. The van der Waals surface area contributed by atoms with E-state index in [1.54, 1.807) is 12.4 Å². The van der Waals surface area contributed by atoms with E-state index in [-0.39, 0.29) is 12.0 Å². The lowest BCUT2D eigenvalue weighted by molar-refractivity contribution is -0.123. The van der Waals surface area contributed by atoms with Crippen molar-refractivity contribution < 1.29 is 9.53 Å². The van der Waals surface area contributed by atoms with Gasteiger partial charge in [-0.1, -0.05) is 11.6 Å². The molecular weight excluding hydrogens is 342 g/mol. The van der Waals surface area contributed by atoms with Crippen LogP contribution in [-0.2, 0) is 9.53 Å². The molecule has 2 saturated heterocycles. The quantitative estimate of drug-likeness (QED) is 0.817. The molecule has 2 aliphatic rings. The van der Waals surface area contributed by atoms with E-state index in [2.05, 4.69) is 25.1 Å². The Hall–Kier alpha value is -1.44. The lowest BCUT2D eigenvalue weighted by atomic mass is 10.0. The number of aromatic nitrogens is 2. The molecule has 25 heavy (non-hydrogen) atoms. The van der Waals surface area contributed by atoms with Crippen LogP contribution in [-0.4, -0.2) is 72.8 Å². The summed E-state index contributed by atoms with van der Waals surface area (Å²) in [5.74, 6) is 0.778. The molecule has 1 amide bonds. The Kier molecular flexibility index (Phi) is 6.45. The summed E-state index contributed by atoms with van der Waals surface area (Å²) in [5, 5.41) is 3.53. The molecule has 1 aromatic rings. The van der Waals surface area contributed by atoms with Crippen molar-refractivity contribution in [3.8, 4) is 0 Å². The summed E-state index contributed by atoms with van der Waals surface area (Å²) in [6, 6.07) is 0.382. The maximum atomic E-state index is 12.1. The summed E-state index contributed by atoms with van der Waals surface area (Å²) in [4.78, 5) is 24.9. The minimum Gasteiger partial charge on any atom is -0.376 e. The summed E-state index contributed by atoms with van der Waals surface area (Å²) >= 11 is 5.84. The Morgan fingerprint density at radius 2 is 2.08 bits per heavy atom. The molecular formula is C17H26ClN5O2. The number of piperidine rings is 1. The molecule has 1 atom stereocenters. The van der Waals surface area contributed by atoms with E-state index in [9.17, 15) is 4.79 Å². The minimum atomic E-state index is 0.0864. The smallest absolute Gasteiger partial charge is 0.234 e. The third-order valence-corrected chi connectivity index (χ3v) is 5.14. The van der Waals surface area contributed by atoms with Gasteiger partial charge in [0, 0.05) is 39.3 Å². The molecule has 2 fully saturated rings. The first kappa shape index (κ1) is 18.4. The number of rotatable bonds is 6. The number of hydrogen-bond acceptors (Lipinski definition) is 6. The highest BCUT2D eigenvalue weighted by Gasteiger charge is 2.25. The van der Waals surface area contributed by atoms with Crippen LogP contribution in [0.15, 0.2) is 12.4 Å².